The number of hydrogen-bond acceptors (Lipinski definition) is 6. The van der Waals surface area contributed by atoms with Crippen molar-refractivity contribution in [2.75, 3.05) is 5.43 Å². The molecule has 0 aliphatic rings. The van der Waals surface area contributed by atoms with E-state index in [1.54, 1.807) is 30.5 Å². The van der Waals surface area contributed by atoms with E-state index < -0.39 is 0 Å². The van der Waals surface area contributed by atoms with E-state index in [4.69, 9.17) is 9.68 Å². The molecule has 0 amide bonds. The van der Waals surface area contributed by atoms with Crippen LogP contribution in [0, 0.1) is 11.3 Å². The van der Waals surface area contributed by atoms with Crippen molar-refractivity contribution in [2.45, 2.75) is 0 Å². The van der Waals surface area contributed by atoms with Crippen LogP contribution in [0.15, 0.2) is 40.0 Å². The number of nitrogens with zero attached hydrogens (tertiary/aromatic N) is 4. The summed E-state index contributed by atoms with van der Waals surface area (Å²) >= 11 is 0. The lowest BCUT2D eigenvalue weighted by Crippen LogP contribution is -1.95. The zero-order valence-corrected chi connectivity index (χ0v) is 8.16. The van der Waals surface area contributed by atoms with Crippen molar-refractivity contribution in [2.24, 2.45) is 5.10 Å². The third-order valence-electron chi connectivity index (χ3n) is 1.69. The Morgan fingerprint density at radius 3 is 2.94 bits per heavy atom. The second-order valence-electron chi connectivity index (χ2n) is 2.80. The van der Waals surface area contributed by atoms with Gasteiger partial charge < -0.3 is 4.42 Å². The summed E-state index contributed by atoms with van der Waals surface area (Å²) in [6, 6.07) is 8.59. The second-order valence-corrected chi connectivity index (χ2v) is 2.80. The van der Waals surface area contributed by atoms with Crippen LogP contribution in [-0.2, 0) is 0 Å². The minimum atomic E-state index is 0.264. The first kappa shape index (κ1) is 9.86. The highest BCUT2D eigenvalue weighted by atomic mass is 16.3. The highest BCUT2D eigenvalue weighted by Crippen LogP contribution is 2.01. The molecule has 2 rings (SSSR count). The fraction of sp³-hybridized carbons (Fsp3) is 0. The molecule has 0 radical (unpaired) electrons. The van der Waals surface area contributed by atoms with Crippen LogP contribution in [0.2, 0.25) is 0 Å². The van der Waals surface area contributed by atoms with Gasteiger partial charge in [-0.25, -0.2) is 0 Å². The number of hydrazone groups is 1. The van der Waals surface area contributed by atoms with E-state index in [0.29, 0.717) is 11.6 Å². The highest BCUT2D eigenvalue weighted by molar-refractivity contribution is 5.76. The summed E-state index contributed by atoms with van der Waals surface area (Å²) in [7, 11) is 0. The van der Waals surface area contributed by atoms with Crippen LogP contribution in [0.3, 0.4) is 0 Å². The number of rotatable bonds is 3. The Kier molecular flexibility index (Phi) is 2.90. The Hall–Kier alpha value is -2.68. The van der Waals surface area contributed by atoms with E-state index in [9.17, 15) is 0 Å². The number of hydrogen-bond donors (Lipinski definition) is 1. The van der Waals surface area contributed by atoms with Crippen molar-refractivity contribution >= 4 is 12.0 Å². The Morgan fingerprint density at radius 1 is 1.38 bits per heavy atom. The predicted octanol–water partition coefficient (Wildman–Crippen LogP) is 1.39. The molecule has 2 aromatic rings. The maximum absolute atomic E-state index is 8.51. The number of nitrogens with one attached hydrogen (secondary N) is 1. The van der Waals surface area contributed by atoms with Gasteiger partial charge in [0, 0.05) is 0 Å². The Morgan fingerprint density at radius 2 is 2.31 bits per heavy atom. The lowest BCUT2D eigenvalue weighted by Gasteiger charge is -1.95. The Balaban J connectivity index is 1.97. The monoisotopic (exact) mass is 213 g/mol. The van der Waals surface area contributed by atoms with Gasteiger partial charge in [0.25, 0.3) is 0 Å². The van der Waals surface area contributed by atoms with E-state index in [1.807, 2.05) is 6.07 Å². The molecular weight excluding hydrogens is 206 g/mol. The maximum Gasteiger partial charge on any atom is 0.168 e. The number of aromatic nitrogens is 2. The van der Waals surface area contributed by atoms with Gasteiger partial charge in [0.15, 0.2) is 11.5 Å². The first-order valence-corrected chi connectivity index (χ1v) is 4.45. The molecule has 2 aromatic heterocycles. The topological polar surface area (TPSA) is 87.1 Å². The molecule has 6 heteroatoms. The largest absolute Gasteiger partial charge is 0.463 e. The molecule has 2 heterocycles. The maximum atomic E-state index is 8.51. The van der Waals surface area contributed by atoms with Crippen LogP contribution in [0.25, 0.3) is 0 Å². The average Bonchev–Trinajstić information content (AvgIpc) is 2.83. The molecule has 1 N–H and O–H groups in total. The van der Waals surface area contributed by atoms with Crippen LogP contribution in [0.4, 0.5) is 5.82 Å². The normalized spacial score (nSPS) is 10.2. The van der Waals surface area contributed by atoms with Crippen molar-refractivity contribution in [1.29, 1.82) is 5.26 Å². The molecule has 0 saturated heterocycles. The summed E-state index contributed by atoms with van der Waals surface area (Å²) in [6.07, 6.45) is 3.07. The van der Waals surface area contributed by atoms with Gasteiger partial charge in [-0.3, -0.25) is 5.43 Å². The van der Waals surface area contributed by atoms with Gasteiger partial charge in [0.2, 0.25) is 0 Å². The first-order chi connectivity index (χ1) is 7.88. The van der Waals surface area contributed by atoms with Gasteiger partial charge in [-0.15, -0.1) is 10.2 Å². The second kappa shape index (κ2) is 4.70. The standard InChI is InChI=1S/C10H7N5O/c11-6-8-3-4-10(15-13-8)14-12-7-9-2-1-5-16-9/h1-5,7H,(H,14,15). The molecule has 78 valence electrons. The molecule has 0 bridgehead atoms. The van der Waals surface area contributed by atoms with Crippen LogP contribution >= 0.6 is 0 Å². The van der Waals surface area contributed by atoms with Crippen LogP contribution in [-0.4, -0.2) is 16.4 Å². The van der Waals surface area contributed by atoms with Gasteiger partial charge in [-0.05, 0) is 24.3 Å². The molecule has 0 fully saturated rings. The van der Waals surface area contributed by atoms with Crippen molar-refractivity contribution in [3.8, 4) is 6.07 Å². The number of nitriles is 1. The molecule has 6 nitrogen and oxygen atoms in total. The molecule has 0 unspecified atom stereocenters. The molecular formula is C10H7N5O. The van der Waals surface area contributed by atoms with Crippen LogP contribution in [0.5, 0.6) is 0 Å². The lowest BCUT2D eigenvalue weighted by atomic mass is 10.4. The van der Waals surface area contributed by atoms with Gasteiger partial charge in [0.1, 0.15) is 11.8 Å². The first-order valence-electron chi connectivity index (χ1n) is 4.45. The van der Waals surface area contributed by atoms with Crippen molar-refractivity contribution in [3.63, 3.8) is 0 Å². The van der Waals surface area contributed by atoms with Crippen molar-refractivity contribution < 1.29 is 4.42 Å². The van der Waals surface area contributed by atoms with E-state index >= 15 is 0 Å². The van der Waals surface area contributed by atoms with Crippen LogP contribution < -0.4 is 5.43 Å². The summed E-state index contributed by atoms with van der Waals surface area (Å²) in [4.78, 5) is 0. The smallest absolute Gasteiger partial charge is 0.168 e. The van der Waals surface area contributed by atoms with Gasteiger partial charge in [-0.1, -0.05) is 0 Å². The Labute approximate surface area is 91.2 Å². The molecule has 16 heavy (non-hydrogen) atoms. The zero-order valence-electron chi connectivity index (χ0n) is 8.16. The molecule has 0 saturated carbocycles. The molecule has 0 aromatic carbocycles. The third-order valence-corrected chi connectivity index (χ3v) is 1.69. The fourth-order valence-electron chi connectivity index (χ4n) is 0.978. The average molecular weight is 213 g/mol. The van der Waals surface area contributed by atoms with Crippen LogP contribution in [0.1, 0.15) is 11.5 Å². The quantitative estimate of drug-likeness (QED) is 0.614. The van der Waals surface area contributed by atoms with E-state index in [2.05, 4.69) is 20.7 Å². The number of anilines is 1. The predicted molar refractivity (Wildman–Crippen MR) is 56.7 cm³/mol. The molecule has 0 atom stereocenters. The molecule has 0 spiro atoms. The van der Waals surface area contributed by atoms with Gasteiger partial charge in [0.05, 0.1) is 12.5 Å². The van der Waals surface area contributed by atoms with Crippen molar-refractivity contribution in [1.82, 2.24) is 10.2 Å². The van der Waals surface area contributed by atoms with E-state index in [1.165, 1.54) is 6.21 Å². The fourth-order valence-corrected chi connectivity index (χ4v) is 0.978. The molecule has 0 aliphatic heterocycles. The number of furan rings is 1. The Bertz CT molecular complexity index is 509. The minimum absolute atomic E-state index is 0.264. The lowest BCUT2D eigenvalue weighted by molar-refractivity contribution is 0.560. The molecule has 0 aliphatic carbocycles. The summed E-state index contributed by atoms with van der Waals surface area (Å²) < 4.78 is 5.04. The third kappa shape index (κ3) is 2.42. The van der Waals surface area contributed by atoms with Gasteiger partial charge in [-0.2, -0.15) is 10.4 Å². The highest BCUT2D eigenvalue weighted by Gasteiger charge is 1.94. The summed E-state index contributed by atoms with van der Waals surface area (Å²) in [6.45, 7) is 0. The van der Waals surface area contributed by atoms with E-state index in [0.717, 1.165) is 0 Å². The van der Waals surface area contributed by atoms with E-state index in [-0.39, 0.29) is 5.69 Å². The van der Waals surface area contributed by atoms with Gasteiger partial charge >= 0.3 is 0 Å². The minimum Gasteiger partial charge on any atom is -0.463 e. The SMILES string of the molecule is N#Cc1ccc(NN=Cc2ccco2)nn1. The van der Waals surface area contributed by atoms with Crippen molar-refractivity contribution in [3.05, 3.63) is 42.0 Å². The summed E-state index contributed by atoms with van der Waals surface area (Å²) in [5, 5.41) is 19.8. The summed E-state index contributed by atoms with van der Waals surface area (Å²) in [5.41, 5.74) is 2.93. The summed E-state index contributed by atoms with van der Waals surface area (Å²) in [5.74, 6) is 1.09. The zero-order chi connectivity index (χ0) is 11.2.